The third kappa shape index (κ3) is 2.91. The van der Waals surface area contributed by atoms with Gasteiger partial charge in [-0.25, -0.2) is 0 Å². The first-order valence-electron chi connectivity index (χ1n) is 5.65. The normalized spacial score (nSPS) is 14.1. The van der Waals surface area contributed by atoms with Gasteiger partial charge in [0.25, 0.3) is 0 Å². The topological polar surface area (TPSA) is 58.8 Å². The van der Waals surface area contributed by atoms with Crippen LogP contribution in [0.15, 0.2) is 36.7 Å². The predicted molar refractivity (Wildman–Crippen MR) is 67.1 cm³/mol. The predicted octanol–water partition coefficient (Wildman–Crippen LogP) is 1.65. The summed E-state index contributed by atoms with van der Waals surface area (Å²) < 4.78 is 5.46. The molecule has 1 aliphatic heterocycles. The highest BCUT2D eigenvalue weighted by Gasteiger charge is 2.14. The fraction of sp³-hybridized carbons (Fsp3) is 0.333. The highest BCUT2D eigenvalue weighted by molar-refractivity contribution is 5.45. The van der Waals surface area contributed by atoms with E-state index in [1.807, 2.05) is 24.3 Å². The molecular weight excluding hydrogens is 234 g/mol. The Labute approximate surface area is 105 Å². The van der Waals surface area contributed by atoms with E-state index in [-0.39, 0.29) is 5.69 Å². The first-order chi connectivity index (χ1) is 8.66. The fourth-order valence-corrected chi connectivity index (χ4v) is 1.74. The molecule has 1 aromatic rings. The number of benzene rings is 1. The van der Waals surface area contributed by atoms with Crippen molar-refractivity contribution in [2.45, 2.75) is 0 Å². The maximum atomic E-state index is 10.8. The van der Waals surface area contributed by atoms with E-state index in [9.17, 15) is 10.1 Å². The van der Waals surface area contributed by atoms with Gasteiger partial charge in [-0.2, -0.15) is 0 Å². The zero-order valence-electron chi connectivity index (χ0n) is 10.2. The number of rotatable bonds is 5. The summed E-state index contributed by atoms with van der Waals surface area (Å²) in [5.41, 5.74) is 0.00609. The van der Waals surface area contributed by atoms with E-state index in [0.29, 0.717) is 18.9 Å². The molecule has 96 valence electrons. The lowest BCUT2D eigenvalue weighted by atomic mass is 10.3. The number of ether oxygens (including phenoxy) is 1. The van der Waals surface area contributed by atoms with Crippen molar-refractivity contribution in [1.82, 2.24) is 9.80 Å². The monoisotopic (exact) mass is 249 g/mol. The van der Waals surface area contributed by atoms with Crippen LogP contribution in [0.3, 0.4) is 0 Å². The van der Waals surface area contributed by atoms with Crippen LogP contribution in [0.4, 0.5) is 5.69 Å². The number of hydrogen-bond acceptors (Lipinski definition) is 5. The van der Waals surface area contributed by atoms with Crippen LogP contribution in [0.2, 0.25) is 0 Å². The molecule has 0 saturated carbocycles. The molecule has 1 heterocycles. The average molecular weight is 249 g/mol. The third-order valence-corrected chi connectivity index (χ3v) is 2.63. The van der Waals surface area contributed by atoms with Gasteiger partial charge in [0.15, 0.2) is 5.75 Å². The number of para-hydroxylation sites is 2. The van der Waals surface area contributed by atoms with Gasteiger partial charge >= 0.3 is 5.69 Å². The van der Waals surface area contributed by atoms with E-state index in [4.69, 9.17) is 4.74 Å². The van der Waals surface area contributed by atoms with E-state index in [1.165, 1.54) is 6.07 Å². The number of nitro groups is 1. The van der Waals surface area contributed by atoms with E-state index < -0.39 is 4.92 Å². The molecule has 1 aliphatic rings. The molecule has 0 atom stereocenters. The minimum absolute atomic E-state index is 0.00609. The van der Waals surface area contributed by atoms with Crippen LogP contribution in [0.5, 0.6) is 5.75 Å². The van der Waals surface area contributed by atoms with Crippen LogP contribution in [0, 0.1) is 10.1 Å². The Hall–Kier alpha value is -2.24. The molecule has 0 fully saturated rings. The maximum absolute atomic E-state index is 10.8. The quantitative estimate of drug-likeness (QED) is 0.586. The van der Waals surface area contributed by atoms with Crippen molar-refractivity contribution in [1.29, 1.82) is 0 Å². The lowest BCUT2D eigenvalue weighted by molar-refractivity contribution is -0.385. The molecule has 6 heteroatoms. The summed E-state index contributed by atoms with van der Waals surface area (Å²) in [5.74, 6) is 0.319. The summed E-state index contributed by atoms with van der Waals surface area (Å²) in [6, 6.07) is 6.41. The van der Waals surface area contributed by atoms with Crippen molar-refractivity contribution in [3.63, 3.8) is 0 Å². The Bertz CT molecular complexity index is 462. The van der Waals surface area contributed by atoms with Gasteiger partial charge in [0.2, 0.25) is 0 Å². The molecule has 0 amide bonds. The van der Waals surface area contributed by atoms with Gasteiger partial charge < -0.3 is 14.5 Å². The summed E-state index contributed by atoms with van der Waals surface area (Å²) >= 11 is 0. The van der Waals surface area contributed by atoms with Crippen molar-refractivity contribution >= 4 is 5.69 Å². The van der Waals surface area contributed by atoms with E-state index in [0.717, 1.165) is 6.67 Å². The van der Waals surface area contributed by atoms with Crippen LogP contribution in [-0.4, -0.2) is 41.6 Å². The van der Waals surface area contributed by atoms with Gasteiger partial charge in [0.1, 0.15) is 6.61 Å². The molecular formula is C12H15N3O3. The summed E-state index contributed by atoms with van der Waals surface area (Å²) in [7, 11) is 1.99. The van der Waals surface area contributed by atoms with Gasteiger partial charge in [0.05, 0.1) is 18.1 Å². The van der Waals surface area contributed by atoms with Crippen molar-refractivity contribution < 1.29 is 9.66 Å². The standard InChI is InChI=1S/C12H15N3O3/c1-13-6-7-14(10-13)8-9-18-12-5-3-2-4-11(12)15(16)17/h2-7H,8-10H2,1H3. The second-order valence-corrected chi connectivity index (χ2v) is 4.08. The molecule has 0 aromatic heterocycles. The second-order valence-electron chi connectivity index (χ2n) is 4.08. The van der Waals surface area contributed by atoms with Gasteiger partial charge in [-0.05, 0) is 6.07 Å². The molecule has 0 N–H and O–H groups in total. The molecule has 0 radical (unpaired) electrons. The Morgan fingerprint density at radius 3 is 2.83 bits per heavy atom. The Kier molecular flexibility index (Phi) is 3.66. The van der Waals surface area contributed by atoms with Gasteiger partial charge in [-0.15, -0.1) is 0 Å². The first-order valence-corrected chi connectivity index (χ1v) is 5.65. The summed E-state index contributed by atoms with van der Waals surface area (Å²) in [6.07, 6.45) is 3.95. The summed E-state index contributed by atoms with van der Waals surface area (Å²) in [6.45, 7) is 1.94. The van der Waals surface area contributed by atoms with E-state index >= 15 is 0 Å². The van der Waals surface area contributed by atoms with Crippen molar-refractivity contribution in [3.05, 3.63) is 46.8 Å². The van der Waals surface area contributed by atoms with Gasteiger partial charge in [0, 0.05) is 25.5 Å². The minimum atomic E-state index is -0.432. The highest BCUT2D eigenvalue weighted by Crippen LogP contribution is 2.25. The smallest absolute Gasteiger partial charge is 0.310 e. The van der Waals surface area contributed by atoms with Gasteiger partial charge in [-0.1, -0.05) is 12.1 Å². The lowest BCUT2D eigenvalue weighted by Gasteiger charge is -2.18. The molecule has 0 aliphatic carbocycles. The largest absolute Gasteiger partial charge is 0.485 e. The zero-order valence-corrected chi connectivity index (χ0v) is 10.2. The summed E-state index contributed by atoms with van der Waals surface area (Å²) in [4.78, 5) is 14.5. The average Bonchev–Trinajstić information content (AvgIpc) is 2.75. The molecule has 0 spiro atoms. The first kappa shape index (κ1) is 12.2. The van der Waals surface area contributed by atoms with Crippen molar-refractivity contribution in [3.8, 4) is 5.75 Å². The Balaban J connectivity index is 1.87. The molecule has 6 nitrogen and oxygen atoms in total. The minimum Gasteiger partial charge on any atom is -0.485 e. The molecule has 2 rings (SSSR count). The molecule has 0 bridgehead atoms. The van der Waals surface area contributed by atoms with Crippen molar-refractivity contribution in [2.75, 3.05) is 26.9 Å². The molecule has 0 saturated heterocycles. The number of nitrogens with zero attached hydrogens (tertiary/aromatic N) is 3. The lowest BCUT2D eigenvalue weighted by Crippen LogP contribution is -2.26. The van der Waals surface area contributed by atoms with E-state index in [2.05, 4.69) is 4.90 Å². The molecule has 1 aromatic carbocycles. The van der Waals surface area contributed by atoms with E-state index in [1.54, 1.807) is 18.2 Å². The van der Waals surface area contributed by atoms with Crippen LogP contribution in [0.1, 0.15) is 0 Å². The molecule has 18 heavy (non-hydrogen) atoms. The van der Waals surface area contributed by atoms with Crippen LogP contribution in [-0.2, 0) is 0 Å². The second kappa shape index (κ2) is 5.39. The van der Waals surface area contributed by atoms with Gasteiger partial charge in [-0.3, -0.25) is 10.1 Å². The third-order valence-electron chi connectivity index (χ3n) is 2.63. The zero-order chi connectivity index (χ0) is 13.0. The summed E-state index contributed by atoms with van der Waals surface area (Å²) in [5, 5.41) is 10.8. The Morgan fingerprint density at radius 2 is 2.17 bits per heavy atom. The Morgan fingerprint density at radius 1 is 1.39 bits per heavy atom. The highest BCUT2D eigenvalue weighted by atomic mass is 16.6. The maximum Gasteiger partial charge on any atom is 0.310 e. The van der Waals surface area contributed by atoms with Crippen molar-refractivity contribution in [2.24, 2.45) is 0 Å². The fourth-order valence-electron chi connectivity index (χ4n) is 1.74. The number of nitro benzene ring substituents is 1. The SMILES string of the molecule is CN1C=CN(CCOc2ccccc2[N+](=O)[O-])C1. The van der Waals surface area contributed by atoms with Crippen LogP contribution in [0.25, 0.3) is 0 Å². The van der Waals surface area contributed by atoms with Crippen LogP contribution < -0.4 is 4.74 Å². The molecule has 0 unspecified atom stereocenters. The van der Waals surface area contributed by atoms with Crippen LogP contribution >= 0.6 is 0 Å². The number of hydrogen-bond donors (Lipinski definition) is 0.